The minimum Gasteiger partial charge on any atom is -0.337 e. The number of carbonyl (C=O) groups excluding carboxylic acids is 1. The van der Waals surface area contributed by atoms with Gasteiger partial charge in [0.1, 0.15) is 0 Å². The second kappa shape index (κ2) is 7.96. The molecule has 2 aromatic carbocycles. The van der Waals surface area contributed by atoms with Crippen LogP contribution >= 0.6 is 0 Å². The summed E-state index contributed by atoms with van der Waals surface area (Å²) in [6.45, 7) is 2.09. The number of nitrogens with zero attached hydrogens (tertiary/aromatic N) is 3. The number of amides is 1. The number of benzene rings is 2. The number of nitrogens with one attached hydrogen (secondary N) is 2. The summed E-state index contributed by atoms with van der Waals surface area (Å²) in [4.78, 5) is 14.9. The lowest BCUT2D eigenvalue weighted by atomic mass is 9.98. The summed E-state index contributed by atoms with van der Waals surface area (Å²) in [6.07, 6.45) is 4.52. The van der Waals surface area contributed by atoms with Gasteiger partial charge in [-0.3, -0.25) is 10.2 Å². The minimum atomic E-state index is 0.00599. The van der Waals surface area contributed by atoms with E-state index in [2.05, 4.69) is 47.1 Å². The molecule has 0 spiro atoms. The molecule has 0 bridgehead atoms. The first kappa shape index (κ1) is 18.4. The normalized spacial score (nSPS) is 20.1. The summed E-state index contributed by atoms with van der Waals surface area (Å²) in [6, 6.07) is 20.3. The standard InChI is InChI=1S/C22H25N5O/c1-16(20-15-21(25-24-20)17-8-4-3-5-9-17)26(2)22(28)18-10-6-11-19(14-18)27-13-7-12-23-27/h3-14,16,20-21,24-25H,15H2,1-2H3. The van der Waals surface area contributed by atoms with Gasteiger partial charge in [-0.25, -0.2) is 10.1 Å². The van der Waals surface area contributed by atoms with E-state index < -0.39 is 0 Å². The van der Waals surface area contributed by atoms with E-state index in [1.165, 1.54) is 5.56 Å². The van der Waals surface area contributed by atoms with Gasteiger partial charge < -0.3 is 4.90 Å². The van der Waals surface area contributed by atoms with Crippen LogP contribution in [0.3, 0.4) is 0 Å². The molecule has 2 heterocycles. The number of hydrogen-bond acceptors (Lipinski definition) is 4. The predicted octanol–water partition coefficient (Wildman–Crippen LogP) is 2.94. The van der Waals surface area contributed by atoms with Gasteiger partial charge in [0.25, 0.3) is 5.91 Å². The van der Waals surface area contributed by atoms with E-state index in [0.717, 1.165) is 12.1 Å². The van der Waals surface area contributed by atoms with Gasteiger partial charge >= 0.3 is 0 Å². The molecule has 3 atom stereocenters. The lowest BCUT2D eigenvalue weighted by Gasteiger charge is -2.29. The van der Waals surface area contributed by atoms with Crippen molar-refractivity contribution in [2.24, 2.45) is 0 Å². The average molecular weight is 375 g/mol. The molecule has 1 amide bonds. The first-order chi connectivity index (χ1) is 13.6. The van der Waals surface area contributed by atoms with Gasteiger partial charge in [0.05, 0.1) is 5.69 Å². The van der Waals surface area contributed by atoms with Crippen LogP contribution in [0.25, 0.3) is 5.69 Å². The van der Waals surface area contributed by atoms with Crippen LogP contribution < -0.4 is 10.9 Å². The zero-order chi connectivity index (χ0) is 19.5. The average Bonchev–Trinajstić information content (AvgIpc) is 3.45. The van der Waals surface area contributed by atoms with Crippen LogP contribution in [0.2, 0.25) is 0 Å². The van der Waals surface area contributed by atoms with Crippen molar-refractivity contribution in [1.29, 1.82) is 0 Å². The summed E-state index contributed by atoms with van der Waals surface area (Å²) >= 11 is 0. The molecule has 0 aliphatic carbocycles. The van der Waals surface area contributed by atoms with Crippen molar-refractivity contribution in [3.05, 3.63) is 84.2 Å². The number of rotatable bonds is 5. The largest absolute Gasteiger partial charge is 0.337 e. The predicted molar refractivity (Wildman–Crippen MR) is 109 cm³/mol. The van der Waals surface area contributed by atoms with Crippen molar-refractivity contribution in [3.63, 3.8) is 0 Å². The Hall–Kier alpha value is -2.96. The van der Waals surface area contributed by atoms with Crippen LogP contribution in [0.15, 0.2) is 73.1 Å². The fourth-order valence-corrected chi connectivity index (χ4v) is 3.66. The third kappa shape index (κ3) is 3.69. The van der Waals surface area contributed by atoms with E-state index in [-0.39, 0.29) is 24.0 Å². The van der Waals surface area contributed by atoms with Gasteiger partial charge in [-0.2, -0.15) is 5.10 Å². The van der Waals surface area contributed by atoms with Crippen molar-refractivity contribution in [1.82, 2.24) is 25.5 Å². The topological polar surface area (TPSA) is 62.2 Å². The highest BCUT2D eigenvalue weighted by atomic mass is 16.2. The van der Waals surface area contributed by atoms with Crippen molar-refractivity contribution >= 4 is 5.91 Å². The molecule has 1 fully saturated rings. The number of hydrogen-bond donors (Lipinski definition) is 2. The van der Waals surface area contributed by atoms with Gasteiger partial charge in [0.15, 0.2) is 0 Å². The van der Waals surface area contributed by atoms with Gasteiger partial charge in [0, 0.05) is 43.1 Å². The highest BCUT2D eigenvalue weighted by molar-refractivity contribution is 5.94. The molecule has 28 heavy (non-hydrogen) atoms. The molecule has 6 heteroatoms. The van der Waals surface area contributed by atoms with E-state index >= 15 is 0 Å². The smallest absolute Gasteiger partial charge is 0.253 e. The van der Waals surface area contributed by atoms with Crippen LogP contribution in [0.4, 0.5) is 0 Å². The molecule has 3 unspecified atom stereocenters. The molecule has 6 nitrogen and oxygen atoms in total. The lowest BCUT2D eigenvalue weighted by molar-refractivity contribution is 0.0715. The second-order valence-corrected chi connectivity index (χ2v) is 7.25. The molecular weight excluding hydrogens is 350 g/mol. The molecule has 3 aromatic rings. The highest BCUT2D eigenvalue weighted by Crippen LogP contribution is 2.25. The molecule has 1 aromatic heterocycles. The fraction of sp³-hybridized carbons (Fsp3) is 0.273. The van der Waals surface area contributed by atoms with Crippen molar-refractivity contribution in [2.75, 3.05) is 7.05 Å². The number of likely N-dealkylation sites (N-methyl/N-ethyl adjacent to an activating group) is 1. The number of aromatic nitrogens is 2. The molecule has 4 rings (SSSR count). The maximum atomic E-state index is 13.1. The fourth-order valence-electron chi connectivity index (χ4n) is 3.66. The van der Waals surface area contributed by atoms with Gasteiger partial charge in [-0.05, 0) is 43.2 Å². The Balaban J connectivity index is 1.45. The summed E-state index contributed by atoms with van der Waals surface area (Å²) < 4.78 is 1.76. The zero-order valence-electron chi connectivity index (χ0n) is 16.1. The number of carbonyl (C=O) groups is 1. The van der Waals surface area contributed by atoms with Gasteiger partial charge in [0.2, 0.25) is 0 Å². The van der Waals surface area contributed by atoms with Gasteiger partial charge in [-0.1, -0.05) is 36.4 Å². The lowest BCUT2D eigenvalue weighted by Crippen LogP contribution is -2.48. The Labute approximate surface area is 165 Å². The molecule has 0 saturated carbocycles. The first-order valence-corrected chi connectivity index (χ1v) is 9.57. The van der Waals surface area contributed by atoms with E-state index in [0.29, 0.717) is 5.56 Å². The zero-order valence-corrected chi connectivity index (χ0v) is 16.1. The summed E-state index contributed by atoms with van der Waals surface area (Å²) in [5, 5.41) is 4.24. The van der Waals surface area contributed by atoms with E-state index in [9.17, 15) is 4.79 Å². The van der Waals surface area contributed by atoms with Crippen molar-refractivity contribution in [2.45, 2.75) is 31.5 Å². The molecule has 1 aliphatic rings. The van der Waals surface area contributed by atoms with Gasteiger partial charge in [-0.15, -0.1) is 0 Å². The third-order valence-corrected chi connectivity index (χ3v) is 5.51. The summed E-state index contributed by atoms with van der Waals surface area (Å²) in [7, 11) is 1.87. The first-order valence-electron chi connectivity index (χ1n) is 9.57. The SMILES string of the molecule is CC(C1CC(c2ccccc2)NN1)N(C)C(=O)c1cccc(-n2cccn2)c1. The van der Waals surface area contributed by atoms with Crippen LogP contribution in [0, 0.1) is 0 Å². The molecule has 1 saturated heterocycles. The Kier molecular flexibility index (Phi) is 5.23. The molecule has 0 radical (unpaired) electrons. The van der Waals surface area contributed by atoms with E-state index in [1.54, 1.807) is 10.9 Å². The quantitative estimate of drug-likeness (QED) is 0.720. The third-order valence-electron chi connectivity index (χ3n) is 5.51. The van der Waals surface area contributed by atoms with Crippen LogP contribution in [-0.4, -0.2) is 39.7 Å². The monoisotopic (exact) mass is 375 g/mol. The number of hydrazine groups is 1. The van der Waals surface area contributed by atoms with Crippen LogP contribution in [0.5, 0.6) is 0 Å². The van der Waals surface area contributed by atoms with Crippen molar-refractivity contribution in [3.8, 4) is 5.69 Å². The minimum absolute atomic E-state index is 0.00599. The Morgan fingerprint density at radius 1 is 1.14 bits per heavy atom. The molecule has 1 aliphatic heterocycles. The molecule has 144 valence electrons. The maximum Gasteiger partial charge on any atom is 0.253 e. The summed E-state index contributed by atoms with van der Waals surface area (Å²) in [5.41, 5.74) is 9.53. The van der Waals surface area contributed by atoms with E-state index in [4.69, 9.17) is 0 Å². The van der Waals surface area contributed by atoms with E-state index in [1.807, 2.05) is 54.5 Å². The summed E-state index contributed by atoms with van der Waals surface area (Å²) in [5.74, 6) is 0.00599. The van der Waals surface area contributed by atoms with Crippen molar-refractivity contribution < 1.29 is 4.79 Å². The molecular formula is C22H25N5O. The maximum absolute atomic E-state index is 13.1. The second-order valence-electron chi connectivity index (χ2n) is 7.25. The van der Waals surface area contributed by atoms with Crippen LogP contribution in [0.1, 0.15) is 35.3 Å². The highest BCUT2D eigenvalue weighted by Gasteiger charge is 2.32. The van der Waals surface area contributed by atoms with Crippen LogP contribution in [-0.2, 0) is 0 Å². The Morgan fingerprint density at radius 2 is 1.96 bits per heavy atom. The Bertz CT molecular complexity index is 925. The molecule has 2 N–H and O–H groups in total. The Morgan fingerprint density at radius 3 is 2.71 bits per heavy atom.